The summed E-state index contributed by atoms with van der Waals surface area (Å²) in [6.45, 7) is 6.87. The third-order valence-corrected chi connectivity index (χ3v) is 4.14. The van der Waals surface area contributed by atoms with E-state index < -0.39 is 0 Å². The number of furan rings is 1. The van der Waals surface area contributed by atoms with E-state index in [0.29, 0.717) is 18.6 Å². The lowest BCUT2D eigenvalue weighted by Gasteiger charge is -2.25. The summed E-state index contributed by atoms with van der Waals surface area (Å²) in [6.07, 6.45) is 4.17. The van der Waals surface area contributed by atoms with Crippen LogP contribution in [0.5, 0.6) is 0 Å². The van der Waals surface area contributed by atoms with Crippen LogP contribution in [0.15, 0.2) is 28.7 Å². The Balaban J connectivity index is 1.75. The molecule has 0 atom stereocenters. The quantitative estimate of drug-likeness (QED) is 0.826. The minimum absolute atomic E-state index is 0.454. The first-order valence-electron chi connectivity index (χ1n) is 8.05. The number of benzene rings is 1. The molecular formula is C18H25NO2. The van der Waals surface area contributed by atoms with Gasteiger partial charge in [0.15, 0.2) is 0 Å². The van der Waals surface area contributed by atoms with E-state index in [1.165, 1.54) is 30.2 Å². The van der Waals surface area contributed by atoms with Gasteiger partial charge in [-0.25, -0.2) is 0 Å². The Labute approximate surface area is 126 Å². The number of fused-ring (bicyclic) bond motifs is 1. The minimum Gasteiger partial charge on any atom is -0.459 e. The second-order valence-corrected chi connectivity index (χ2v) is 6.39. The van der Waals surface area contributed by atoms with Crippen LogP contribution in [0.2, 0.25) is 0 Å². The summed E-state index contributed by atoms with van der Waals surface area (Å²) < 4.78 is 12.0. The molecule has 1 aliphatic rings. The van der Waals surface area contributed by atoms with Gasteiger partial charge in [0, 0.05) is 10.9 Å². The van der Waals surface area contributed by atoms with Crippen LogP contribution in [0.1, 0.15) is 44.4 Å². The zero-order chi connectivity index (χ0) is 14.7. The molecule has 114 valence electrons. The highest BCUT2D eigenvalue weighted by molar-refractivity contribution is 5.82. The van der Waals surface area contributed by atoms with Gasteiger partial charge in [-0.05, 0) is 37.8 Å². The Morgan fingerprint density at radius 3 is 2.81 bits per heavy atom. The molecule has 1 heterocycles. The molecule has 0 saturated heterocycles. The Morgan fingerprint density at radius 1 is 1.29 bits per heavy atom. The zero-order valence-corrected chi connectivity index (χ0v) is 13.0. The van der Waals surface area contributed by atoms with Crippen LogP contribution in [0.4, 0.5) is 0 Å². The summed E-state index contributed by atoms with van der Waals surface area (Å²) in [4.78, 5) is 0. The molecule has 3 nitrogen and oxygen atoms in total. The SMILES string of the molecule is CC(C)CNCc1oc2ccccc2c1COC1CCC1. The normalized spacial score (nSPS) is 15.8. The van der Waals surface area contributed by atoms with E-state index in [1.54, 1.807) is 0 Å². The highest BCUT2D eigenvalue weighted by Gasteiger charge is 2.20. The summed E-state index contributed by atoms with van der Waals surface area (Å²) in [5.41, 5.74) is 2.18. The van der Waals surface area contributed by atoms with E-state index in [4.69, 9.17) is 9.15 Å². The van der Waals surface area contributed by atoms with E-state index >= 15 is 0 Å². The smallest absolute Gasteiger partial charge is 0.134 e. The Morgan fingerprint density at radius 2 is 2.10 bits per heavy atom. The fourth-order valence-corrected chi connectivity index (χ4v) is 2.66. The summed E-state index contributed by atoms with van der Waals surface area (Å²) >= 11 is 0. The Bertz CT molecular complexity index is 584. The van der Waals surface area contributed by atoms with Gasteiger partial charge in [-0.2, -0.15) is 0 Å². The highest BCUT2D eigenvalue weighted by Crippen LogP contribution is 2.29. The van der Waals surface area contributed by atoms with Crippen molar-refractivity contribution in [2.24, 2.45) is 5.92 Å². The van der Waals surface area contributed by atoms with Crippen molar-refractivity contribution in [3.63, 3.8) is 0 Å². The molecule has 0 spiro atoms. The van der Waals surface area contributed by atoms with Gasteiger partial charge in [-0.1, -0.05) is 32.0 Å². The van der Waals surface area contributed by atoms with Crippen LogP contribution in [0, 0.1) is 5.92 Å². The van der Waals surface area contributed by atoms with Gasteiger partial charge >= 0.3 is 0 Å². The molecule has 1 saturated carbocycles. The topological polar surface area (TPSA) is 34.4 Å². The minimum atomic E-state index is 0.454. The third-order valence-electron chi connectivity index (χ3n) is 4.14. The van der Waals surface area contributed by atoms with Crippen LogP contribution in [-0.2, 0) is 17.9 Å². The standard InChI is InChI=1S/C18H25NO2/c1-13(2)10-19-11-18-16(12-20-14-6-5-7-14)15-8-3-4-9-17(15)21-18/h3-4,8-9,13-14,19H,5-7,10-12H2,1-2H3. The van der Waals surface area contributed by atoms with Crippen molar-refractivity contribution in [1.29, 1.82) is 0 Å². The number of hydrogen-bond donors (Lipinski definition) is 1. The Kier molecular flexibility index (Phi) is 4.61. The first-order chi connectivity index (χ1) is 10.2. The van der Waals surface area contributed by atoms with Gasteiger partial charge in [-0.15, -0.1) is 0 Å². The summed E-state index contributed by atoms with van der Waals surface area (Å²) in [7, 11) is 0. The number of rotatable bonds is 7. The third kappa shape index (κ3) is 3.47. The molecular weight excluding hydrogens is 262 g/mol. The van der Waals surface area contributed by atoms with Gasteiger partial charge in [0.1, 0.15) is 11.3 Å². The molecule has 3 rings (SSSR count). The molecule has 1 N–H and O–H groups in total. The molecule has 1 aromatic carbocycles. The lowest BCUT2D eigenvalue weighted by Crippen LogP contribution is -2.22. The van der Waals surface area contributed by atoms with Crippen LogP contribution in [0.3, 0.4) is 0 Å². The van der Waals surface area contributed by atoms with Crippen molar-refractivity contribution in [3.8, 4) is 0 Å². The van der Waals surface area contributed by atoms with Gasteiger partial charge in [0.05, 0.1) is 19.3 Å². The van der Waals surface area contributed by atoms with Crippen molar-refractivity contribution < 1.29 is 9.15 Å². The van der Waals surface area contributed by atoms with E-state index in [9.17, 15) is 0 Å². The average molecular weight is 287 g/mol. The lowest BCUT2D eigenvalue weighted by atomic mass is 9.96. The van der Waals surface area contributed by atoms with Crippen molar-refractivity contribution in [2.45, 2.75) is 52.4 Å². The molecule has 2 aromatic rings. The fraction of sp³-hybridized carbons (Fsp3) is 0.556. The molecule has 0 radical (unpaired) electrons. The number of para-hydroxylation sites is 1. The van der Waals surface area contributed by atoms with Crippen molar-refractivity contribution in [2.75, 3.05) is 6.54 Å². The molecule has 1 fully saturated rings. The van der Waals surface area contributed by atoms with E-state index in [-0.39, 0.29) is 0 Å². The highest BCUT2D eigenvalue weighted by atomic mass is 16.5. The maximum atomic E-state index is 6.02. The fourth-order valence-electron chi connectivity index (χ4n) is 2.66. The molecule has 1 aliphatic carbocycles. The molecule has 3 heteroatoms. The molecule has 0 unspecified atom stereocenters. The summed E-state index contributed by atoms with van der Waals surface area (Å²) in [6, 6.07) is 8.25. The molecule has 0 amide bonds. The van der Waals surface area contributed by atoms with Crippen molar-refractivity contribution in [1.82, 2.24) is 5.32 Å². The van der Waals surface area contributed by atoms with E-state index in [2.05, 4.69) is 31.3 Å². The maximum absolute atomic E-state index is 6.02. The average Bonchev–Trinajstić information content (AvgIpc) is 2.75. The van der Waals surface area contributed by atoms with E-state index in [1.807, 2.05) is 12.1 Å². The van der Waals surface area contributed by atoms with E-state index in [0.717, 1.165) is 24.4 Å². The largest absolute Gasteiger partial charge is 0.459 e. The molecule has 0 aliphatic heterocycles. The number of hydrogen-bond acceptors (Lipinski definition) is 3. The predicted octanol–water partition coefficient (Wildman–Crippen LogP) is 4.25. The molecule has 21 heavy (non-hydrogen) atoms. The van der Waals surface area contributed by atoms with Crippen molar-refractivity contribution >= 4 is 11.0 Å². The molecule has 1 aromatic heterocycles. The van der Waals surface area contributed by atoms with Crippen LogP contribution in [-0.4, -0.2) is 12.6 Å². The van der Waals surface area contributed by atoms with Crippen molar-refractivity contribution in [3.05, 3.63) is 35.6 Å². The second kappa shape index (κ2) is 6.63. The number of nitrogens with one attached hydrogen (secondary N) is 1. The van der Waals surface area contributed by atoms with Gasteiger partial charge in [0.25, 0.3) is 0 Å². The summed E-state index contributed by atoms with van der Waals surface area (Å²) in [5.74, 6) is 1.67. The monoisotopic (exact) mass is 287 g/mol. The second-order valence-electron chi connectivity index (χ2n) is 6.39. The predicted molar refractivity (Wildman–Crippen MR) is 85.2 cm³/mol. The first-order valence-corrected chi connectivity index (χ1v) is 8.05. The Hall–Kier alpha value is -1.32. The maximum Gasteiger partial charge on any atom is 0.134 e. The number of ether oxygens (including phenoxy) is 1. The zero-order valence-electron chi connectivity index (χ0n) is 13.0. The van der Waals surface area contributed by atoms with Crippen LogP contribution < -0.4 is 5.32 Å². The van der Waals surface area contributed by atoms with Gasteiger partial charge < -0.3 is 14.5 Å². The van der Waals surface area contributed by atoms with Gasteiger partial charge in [-0.3, -0.25) is 0 Å². The van der Waals surface area contributed by atoms with Crippen LogP contribution in [0.25, 0.3) is 11.0 Å². The summed E-state index contributed by atoms with van der Waals surface area (Å²) in [5, 5.41) is 4.66. The lowest BCUT2D eigenvalue weighted by molar-refractivity contribution is -0.00881. The molecule has 0 bridgehead atoms. The van der Waals surface area contributed by atoms with Gasteiger partial charge in [0.2, 0.25) is 0 Å². The van der Waals surface area contributed by atoms with Crippen LogP contribution >= 0.6 is 0 Å². The first kappa shape index (κ1) is 14.6.